The topological polar surface area (TPSA) is 113 Å². The van der Waals surface area contributed by atoms with Crippen LogP contribution in [-0.4, -0.2) is 22.2 Å². The van der Waals surface area contributed by atoms with Crippen LogP contribution in [0.1, 0.15) is 35.7 Å². The van der Waals surface area contributed by atoms with Gasteiger partial charge in [-0.2, -0.15) is 5.26 Å². The summed E-state index contributed by atoms with van der Waals surface area (Å²) >= 11 is 7.02. The molecule has 0 spiro atoms. The van der Waals surface area contributed by atoms with Crippen molar-refractivity contribution in [2.24, 2.45) is 0 Å². The second-order valence-corrected chi connectivity index (χ2v) is 8.50. The highest BCUT2D eigenvalue weighted by Crippen LogP contribution is 2.41. The normalized spacial score (nSPS) is 15.8. The number of nitrogens with one attached hydrogen (secondary N) is 1. The molecule has 7 nitrogen and oxygen atoms in total. The molecule has 3 rings (SSSR count). The predicted octanol–water partition coefficient (Wildman–Crippen LogP) is 5.15. The van der Waals surface area contributed by atoms with Gasteiger partial charge in [0.15, 0.2) is 11.6 Å². The molecule has 0 aliphatic carbocycles. The molecular weight excluding hydrogens is 450 g/mol. The third-order valence-corrected chi connectivity index (χ3v) is 6.22. The van der Waals surface area contributed by atoms with Gasteiger partial charge in [0.05, 0.1) is 33.3 Å². The van der Waals surface area contributed by atoms with Crippen LogP contribution in [0.15, 0.2) is 70.4 Å². The van der Waals surface area contributed by atoms with Crippen molar-refractivity contribution in [3.63, 3.8) is 0 Å². The summed E-state index contributed by atoms with van der Waals surface area (Å²) in [7, 11) is 0. The highest BCUT2D eigenvalue weighted by atomic mass is 35.5. The fourth-order valence-electron chi connectivity index (χ4n) is 3.50. The largest absolute Gasteiger partial charge is 0.353 e. The summed E-state index contributed by atoms with van der Waals surface area (Å²) < 4.78 is 0. The van der Waals surface area contributed by atoms with Crippen molar-refractivity contribution >= 4 is 40.6 Å². The van der Waals surface area contributed by atoms with Gasteiger partial charge in [-0.1, -0.05) is 35.5 Å². The molecule has 0 aromatic heterocycles. The number of Topliss-reactive ketones (excluding diaryl/α,β-unsaturated/α-hetero) is 2. The number of benzene rings is 2. The minimum absolute atomic E-state index is 0.0550. The molecule has 162 valence electrons. The number of nitro groups is 1. The maximum Gasteiger partial charge on any atom is 0.269 e. The molecule has 0 amide bonds. The van der Waals surface area contributed by atoms with Crippen LogP contribution in [0.2, 0.25) is 5.02 Å². The van der Waals surface area contributed by atoms with E-state index in [0.717, 1.165) is 11.8 Å². The first-order valence-electron chi connectivity index (χ1n) is 9.51. The van der Waals surface area contributed by atoms with Crippen LogP contribution < -0.4 is 5.32 Å². The van der Waals surface area contributed by atoms with Crippen LogP contribution in [0.25, 0.3) is 0 Å². The maximum absolute atomic E-state index is 12.6. The number of nitrogens with zero attached hydrogens (tertiary/aromatic N) is 2. The second-order valence-electron chi connectivity index (χ2n) is 7.08. The lowest BCUT2D eigenvalue weighted by Crippen LogP contribution is -2.27. The average Bonchev–Trinajstić information content (AvgIpc) is 2.77. The number of hydrogen-bond donors (Lipinski definition) is 1. The molecule has 0 radical (unpaired) electrons. The summed E-state index contributed by atoms with van der Waals surface area (Å²) in [5.41, 5.74) is 1.94. The van der Waals surface area contributed by atoms with E-state index < -0.39 is 10.8 Å². The van der Waals surface area contributed by atoms with E-state index in [-0.39, 0.29) is 28.6 Å². The minimum Gasteiger partial charge on any atom is -0.353 e. The summed E-state index contributed by atoms with van der Waals surface area (Å²) in [5.74, 6) is -1.11. The lowest BCUT2D eigenvalue weighted by Gasteiger charge is -2.29. The number of thioether (sulfide) groups is 1. The van der Waals surface area contributed by atoms with Crippen LogP contribution in [0.4, 0.5) is 5.69 Å². The number of hydrogen-bond acceptors (Lipinski definition) is 7. The molecule has 2 aromatic carbocycles. The maximum atomic E-state index is 12.6. The Bertz CT molecular complexity index is 1210. The zero-order valence-corrected chi connectivity index (χ0v) is 18.8. The Kier molecular flexibility index (Phi) is 7.13. The third-order valence-electron chi connectivity index (χ3n) is 4.95. The quantitative estimate of drug-likeness (QED) is 0.340. The monoisotopic (exact) mass is 467 g/mol. The van der Waals surface area contributed by atoms with Gasteiger partial charge in [-0.25, -0.2) is 0 Å². The molecular formula is C23H18ClN3O4S. The van der Waals surface area contributed by atoms with Crippen molar-refractivity contribution in [2.75, 3.05) is 5.75 Å². The smallest absolute Gasteiger partial charge is 0.269 e. The highest BCUT2D eigenvalue weighted by molar-refractivity contribution is 8.03. The minimum atomic E-state index is -0.771. The van der Waals surface area contributed by atoms with E-state index in [4.69, 9.17) is 11.6 Å². The summed E-state index contributed by atoms with van der Waals surface area (Å²) in [6.45, 7) is 3.10. The van der Waals surface area contributed by atoms with E-state index in [1.165, 1.54) is 25.1 Å². The number of rotatable bonds is 7. The Morgan fingerprint density at radius 3 is 2.53 bits per heavy atom. The number of nitro benzene ring substituents is 1. The Morgan fingerprint density at radius 1 is 1.25 bits per heavy atom. The van der Waals surface area contributed by atoms with Gasteiger partial charge in [-0.3, -0.25) is 19.7 Å². The summed E-state index contributed by atoms with van der Waals surface area (Å²) in [6, 6.07) is 14.5. The van der Waals surface area contributed by atoms with Crippen molar-refractivity contribution in [3.8, 4) is 6.07 Å². The first-order chi connectivity index (χ1) is 15.2. The SMILES string of the molecule is CC(=O)C1=C(C)NC(SCC(=O)c2ccc(Cl)cc2)=C(C#N)C1c1cccc([N+](=O)[O-])c1. The number of halogens is 1. The van der Waals surface area contributed by atoms with E-state index in [2.05, 4.69) is 11.4 Å². The van der Waals surface area contributed by atoms with E-state index >= 15 is 0 Å². The Labute approximate surface area is 193 Å². The van der Waals surface area contributed by atoms with Gasteiger partial charge >= 0.3 is 0 Å². The lowest BCUT2D eigenvalue weighted by molar-refractivity contribution is -0.384. The van der Waals surface area contributed by atoms with Gasteiger partial charge in [0.25, 0.3) is 5.69 Å². The molecule has 32 heavy (non-hydrogen) atoms. The van der Waals surface area contributed by atoms with Gasteiger partial charge in [0.2, 0.25) is 0 Å². The molecule has 0 saturated carbocycles. The molecule has 1 aliphatic rings. The molecule has 1 N–H and O–H groups in total. The number of allylic oxidation sites excluding steroid dienone is 3. The van der Waals surface area contributed by atoms with Crippen LogP contribution in [0.5, 0.6) is 0 Å². The highest BCUT2D eigenvalue weighted by Gasteiger charge is 2.34. The molecule has 1 unspecified atom stereocenters. The van der Waals surface area contributed by atoms with Crippen LogP contribution in [0.3, 0.4) is 0 Å². The second kappa shape index (κ2) is 9.81. The van der Waals surface area contributed by atoms with Crippen LogP contribution >= 0.6 is 23.4 Å². The molecule has 1 atom stereocenters. The Hall–Kier alpha value is -3.41. The van der Waals surface area contributed by atoms with E-state index in [1.54, 1.807) is 37.3 Å². The van der Waals surface area contributed by atoms with Crippen molar-refractivity contribution in [1.82, 2.24) is 5.32 Å². The van der Waals surface area contributed by atoms with Gasteiger partial charge in [0.1, 0.15) is 0 Å². The van der Waals surface area contributed by atoms with Crippen molar-refractivity contribution in [1.29, 1.82) is 5.26 Å². The van der Waals surface area contributed by atoms with E-state index in [9.17, 15) is 25.0 Å². The molecule has 1 aliphatic heterocycles. The van der Waals surface area contributed by atoms with E-state index in [1.807, 2.05) is 0 Å². The summed E-state index contributed by atoms with van der Waals surface area (Å²) in [5, 5.41) is 25.2. The third kappa shape index (κ3) is 4.90. The standard InChI is InChI=1S/C23H18ClN3O4S/c1-13-21(14(2)28)22(16-4-3-5-18(10-16)27(30)31)19(11-25)23(26-13)32-12-20(29)15-6-8-17(24)9-7-15/h3-10,22,26H,12H2,1-2H3. The van der Waals surface area contributed by atoms with Gasteiger partial charge < -0.3 is 5.32 Å². The fourth-order valence-corrected chi connectivity index (χ4v) is 4.61. The zero-order chi connectivity index (χ0) is 23.4. The fraction of sp³-hybridized carbons (Fsp3) is 0.174. The first kappa shape index (κ1) is 23.3. The zero-order valence-electron chi connectivity index (χ0n) is 17.2. The van der Waals surface area contributed by atoms with Crippen molar-refractivity contribution in [3.05, 3.63) is 96.7 Å². The molecule has 2 aromatic rings. The molecule has 0 bridgehead atoms. The molecule has 0 fully saturated rings. The average molecular weight is 468 g/mol. The Morgan fingerprint density at radius 2 is 1.94 bits per heavy atom. The number of non-ortho nitro benzene ring substituents is 1. The first-order valence-corrected chi connectivity index (χ1v) is 10.9. The van der Waals surface area contributed by atoms with Crippen LogP contribution in [0, 0.1) is 21.4 Å². The van der Waals surface area contributed by atoms with Crippen LogP contribution in [-0.2, 0) is 4.79 Å². The number of dihydropyridines is 1. The van der Waals surface area contributed by atoms with Crippen molar-refractivity contribution < 1.29 is 14.5 Å². The molecule has 1 heterocycles. The summed E-state index contributed by atoms with van der Waals surface area (Å²) in [4.78, 5) is 35.7. The number of carbonyl (C=O) groups excluding carboxylic acids is 2. The van der Waals surface area contributed by atoms with E-state index in [0.29, 0.717) is 32.4 Å². The molecule has 0 saturated heterocycles. The number of nitriles is 1. The van der Waals surface area contributed by atoms with Gasteiger partial charge in [-0.15, -0.1) is 0 Å². The van der Waals surface area contributed by atoms with Crippen molar-refractivity contribution in [2.45, 2.75) is 19.8 Å². The summed E-state index contributed by atoms with van der Waals surface area (Å²) in [6.07, 6.45) is 0. The molecule has 9 heteroatoms. The number of ketones is 2. The lowest BCUT2D eigenvalue weighted by atomic mass is 9.81. The predicted molar refractivity (Wildman–Crippen MR) is 123 cm³/mol. The number of carbonyl (C=O) groups is 2. The van der Waals surface area contributed by atoms with Gasteiger partial charge in [0, 0.05) is 34.0 Å². The van der Waals surface area contributed by atoms with Gasteiger partial charge in [-0.05, 0) is 43.7 Å². The Balaban J connectivity index is 1.99.